The fraction of sp³-hybridized carbons (Fsp3) is 0.688. The van der Waals surface area contributed by atoms with Crippen molar-refractivity contribution in [2.45, 2.75) is 25.0 Å². The van der Waals surface area contributed by atoms with Crippen molar-refractivity contribution in [2.24, 2.45) is 5.92 Å². The van der Waals surface area contributed by atoms with Crippen molar-refractivity contribution in [1.29, 1.82) is 0 Å². The van der Waals surface area contributed by atoms with Crippen LogP contribution < -0.4 is 4.90 Å². The zero-order valence-corrected chi connectivity index (χ0v) is 13.4. The van der Waals surface area contributed by atoms with E-state index in [1.54, 1.807) is 0 Å². The highest BCUT2D eigenvalue weighted by atomic mass is 19.1. The molecule has 0 aromatic carbocycles. The van der Waals surface area contributed by atoms with Crippen LogP contribution in [0.1, 0.15) is 12.8 Å². The summed E-state index contributed by atoms with van der Waals surface area (Å²) in [6.45, 7) is 4.07. The van der Waals surface area contributed by atoms with E-state index in [9.17, 15) is 9.18 Å². The maximum absolute atomic E-state index is 12.9. The minimum Gasteiger partial charge on any atom is -0.378 e. The molecule has 3 saturated heterocycles. The Morgan fingerprint density at radius 1 is 1.25 bits per heavy atom. The number of nitrogens with zero attached hydrogens (tertiary/aromatic N) is 4. The van der Waals surface area contributed by atoms with E-state index >= 15 is 0 Å². The Labute approximate surface area is 139 Å². The van der Waals surface area contributed by atoms with E-state index < -0.39 is 5.82 Å². The highest BCUT2D eigenvalue weighted by Gasteiger charge is 2.43. The molecule has 0 unspecified atom stereocenters. The predicted octanol–water partition coefficient (Wildman–Crippen LogP) is 0.458. The van der Waals surface area contributed by atoms with Crippen molar-refractivity contribution in [3.63, 3.8) is 0 Å². The fourth-order valence-corrected chi connectivity index (χ4v) is 3.76. The van der Waals surface area contributed by atoms with Gasteiger partial charge in [-0.25, -0.2) is 14.4 Å². The summed E-state index contributed by atoms with van der Waals surface area (Å²) in [6, 6.07) is 0. The van der Waals surface area contributed by atoms with E-state index in [1.165, 1.54) is 12.4 Å². The maximum atomic E-state index is 12.9. The quantitative estimate of drug-likeness (QED) is 0.799. The third-order valence-corrected chi connectivity index (χ3v) is 4.97. The van der Waals surface area contributed by atoms with Gasteiger partial charge in [0.25, 0.3) is 0 Å². The second kappa shape index (κ2) is 6.60. The number of amides is 1. The van der Waals surface area contributed by atoms with Crippen molar-refractivity contribution >= 4 is 11.9 Å². The van der Waals surface area contributed by atoms with Gasteiger partial charge < -0.3 is 19.3 Å². The van der Waals surface area contributed by atoms with Gasteiger partial charge in [0, 0.05) is 32.1 Å². The Balaban J connectivity index is 1.29. The molecule has 130 valence electrons. The standard InChI is InChI=1S/C16H21FN4O3/c17-12-7-18-16(19-8-12)21-9-11-5-13(24-14(11)10-21)6-15(22)20-1-3-23-4-2-20/h7-8,11,13-14H,1-6,9-10H2/t11-,13+,14+/m1/s1. The first-order valence-electron chi connectivity index (χ1n) is 8.42. The van der Waals surface area contributed by atoms with E-state index in [4.69, 9.17) is 9.47 Å². The molecule has 3 aliphatic rings. The topological polar surface area (TPSA) is 67.8 Å². The number of morpholine rings is 1. The number of anilines is 1. The molecule has 1 aromatic heterocycles. The van der Waals surface area contributed by atoms with Crippen molar-refractivity contribution in [3.05, 3.63) is 18.2 Å². The average molecular weight is 336 g/mol. The molecule has 0 bridgehead atoms. The third kappa shape index (κ3) is 3.21. The second-order valence-corrected chi connectivity index (χ2v) is 6.60. The molecule has 8 heteroatoms. The molecule has 1 amide bonds. The summed E-state index contributed by atoms with van der Waals surface area (Å²) in [7, 11) is 0. The lowest BCUT2D eigenvalue weighted by atomic mass is 10.0. The molecule has 0 spiro atoms. The molecule has 0 aliphatic carbocycles. The molecule has 0 N–H and O–H groups in total. The number of aromatic nitrogens is 2. The summed E-state index contributed by atoms with van der Waals surface area (Å²) in [6.07, 6.45) is 3.77. The first kappa shape index (κ1) is 15.7. The Bertz CT molecular complexity index is 579. The van der Waals surface area contributed by atoms with Crippen LogP contribution in [0.4, 0.5) is 10.3 Å². The monoisotopic (exact) mass is 336 g/mol. The summed E-state index contributed by atoms with van der Waals surface area (Å²) in [5.41, 5.74) is 0. The van der Waals surface area contributed by atoms with Gasteiger partial charge in [0.1, 0.15) is 0 Å². The van der Waals surface area contributed by atoms with Crippen LogP contribution in [0.2, 0.25) is 0 Å². The van der Waals surface area contributed by atoms with Crippen LogP contribution in [0.3, 0.4) is 0 Å². The largest absolute Gasteiger partial charge is 0.378 e. The van der Waals surface area contributed by atoms with Crippen LogP contribution >= 0.6 is 0 Å². The molecular weight excluding hydrogens is 315 g/mol. The number of hydrogen-bond donors (Lipinski definition) is 0. The van der Waals surface area contributed by atoms with Gasteiger partial charge in [-0.3, -0.25) is 4.79 Å². The molecule has 24 heavy (non-hydrogen) atoms. The lowest BCUT2D eigenvalue weighted by Crippen LogP contribution is -2.42. The van der Waals surface area contributed by atoms with Crippen LogP contribution in [-0.4, -0.2) is 72.4 Å². The Morgan fingerprint density at radius 3 is 2.71 bits per heavy atom. The smallest absolute Gasteiger partial charge is 0.225 e. The maximum Gasteiger partial charge on any atom is 0.225 e. The molecule has 0 radical (unpaired) electrons. The molecule has 4 heterocycles. The lowest BCUT2D eigenvalue weighted by Gasteiger charge is -2.28. The number of ether oxygens (including phenoxy) is 2. The molecular formula is C16H21FN4O3. The number of hydrogen-bond acceptors (Lipinski definition) is 6. The van der Waals surface area contributed by atoms with E-state index in [2.05, 4.69) is 9.97 Å². The molecule has 3 fully saturated rings. The Morgan fingerprint density at radius 2 is 2.00 bits per heavy atom. The molecule has 0 saturated carbocycles. The number of rotatable bonds is 3. The van der Waals surface area contributed by atoms with Crippen molar-refractivity contribution in [2.75, 3.05) is 44.3 Å². The first-order valence-corrected chi connectivity index (χ1v) is 8.42. The van der Waals surface area contributed by atoms with Crippen molar-refractivity contribution in [3.8, 4) is 0 Å². The summed E-state index contributed by atoms with van der Waals surface area (Å²) >= 11 is 0. The minimum absolute atomic E-state index is 0.00775. The minimum atomic E-state index is -0.434. The van der Waals surface area contributed by atoms with Gasteiger partial charge in [-0.2, -0.15) is 0 Å². The van der Waals surface area contributed by atoms with Crippen LogP contribution in [0.5, 0.6) is 0 Å². The molecule has 3 aliphatic heterocycles. The molecule has 7 nitrogen and oxygen atoms in total. The summed E-state index contributed by atoms with van der Waals surface area (Å²) in [5, 5.41) is 0. The van der Waals surface area contributed by atoms with Crippen LogP contribution in [0, 0.1) is 11.7 Å². The summed E-state index contributed by atoms with van der Waals surface area (Å²) in [5.74, 6) is 0.634. The summed E-state index contributed by atoms with van der Waals surface area (Å²) in [4.78, 5) is 24.3. The SMILES string of the molecule is O=C(C[C@@H]1C[C@@H]2CN(c3ncc(F)cn3)C[C@@H]2O1)N1CCOCC1. The van der Waals surface area contributed by atoms with Gasteiger partial charge in [0.15, 0.2) is 5.82 Å². The molecule has 4 rings (SSSR count). The normalized spacial score (nSPS) is 29.8. The lowest BCUT2D eigenvalue weighted by molar-refractivity contribution is -0.138. The third-order valence-electron chi connectivity index (χ3n) is 4.97. The fourth-order valence-electron chi connectivity index (χ4n) is 3.76. The first-order chi connectivity index (χ1) is 11.7. The molecule has 3 atom stereocenters. The number of carbonyl (C=O) groups excluding carboxylic acids is 1. The summed E-state index contributed by atoms with van der Waals surface area (Å²) < 4.78 is 24.3. The zero-order chi connectivity index (χ0) is 16.5. The van der Waals surface area contributed by atoms with E-state index in [1.807, 2.05) is 9.80 Å². The van der Waals surface area contributed by atoms with Crippen molar-refractivity contribution in [1.82, 2.24) is 14.9 Å². The van der Waals surface area contributed by atoms with E-state index in [0.29, 0.717) is 51.1 Å². The number of fused-ring (bicyclic) bond motifs is 1. The number of carbonyl (C=O) groups is 1. The van der Waals surface area contributed by atoms with Gasteiger partial charge in [0.2, 0.25) is 11.9 Å². The highest BCUT2D eigenvalue weighted by Crippen LogP contribution is 2.35. The van der Waals surface area contributed by atoms with Gasteiger partial charge >= 0.3 is 0 Å². The highest BCUT2D eigenvalue weighted by molar-refractivity contribution is 5.76. The van der Waals surface area contributed by atoms with Crippen LogP contribution in [0.15, 0.2) is 12.4 Å². The van der Waals surface area contributed by atoms with Crippen LogP contribution in [0.25, 0.3) is 0 Å². The number of halogens is 1. The van der Waals surface area contributed by atoms with E-state index in [-0.39, 0.29) is 18.1 Å². The Hall–Kier alpha value is -1.80. The second-order valence-electron chi connectivity index (χ2n) is 6.60. The van der Waals surface area contributed by atoms with Crippen molar-refractivity contribution < 1.29 is 18.7 Å². The van der Waals surface area contributed by atoms with Gasteiger partial charge in [-0.15, -0.1) is 0 Å². The predicted molar refractivity (Wildman–Crippen MR) is 83.0 cm³/mol. The van der Waals surface area contributed by atoms with Gasteiger partial charge in [-0.1, -0.05) is 0 Å². The zero-order valence-electron chi connectivity index (χ0n) is 13.4. The van der Waals surface area contributed by atoms with Gasteiger partial charge in [0.05, 0.1) is 44.2 Å². The average Bonchev–Trinajstić information content (AvgIpc) is 3.14. The Kier molecular flexibility index (Phi) is 4.32. The van der Waals surface area contributed by atoms with Crippen LogP contribution in [-0.2, 0) is 14.3 Å². The van der Waals surface area contributed by atoms with Gasteiger partial charge in [-0.05, 0) is 6.42 Å². The molecule has 1 aromatic rings. The van der Waals surface area contributed by atoms with E-state index in [0.717, 1.165) is 13.0 Å².